The molecule has 2 aromatic rings. The second-order valence-corrected chi connectivity index (χ2v) is 6.90. The van der Waals surface area contributed by atoms with E-state index in [9.17, 15) is 15.0 Å². The van der Waals surface area contributed by atoms with E-state index in [1.165, 1.54) is 11.7 Å². The molecule has 0 saturated carbocycles. The number of nitrogens with zero attached hydrogens (tertiary/aromatic N) is 1. The van der Waals surface area contributed by atoms with Crippen LogP contribution in [-0.2, 0) is 9.53 Å². The van der Waals surface area contributed by atoms with Crippen LogP contribution in [0.4, 0.5) is 0 Å². The van der Waals surface area contributed by atoms with Crippen LogP contribution in [-0.4, -0.2) is 39.9 Å². The van der Waals surface area contributed by atoms with Crippen molar-refractivity contribution in [2.45, 2.75) is 43.8 Å². The topological polar surface area (TPSA) is 83.7 Å². The van der Waals surface area contributed by atoms with Crippen LogP contribution in [0.25, 0.3) is 10.8 Å². The Kier molecular flexibility index (Phi) is 3.64. The standard InChI is InChI=1S/C18H22N2O4/c1-24-18(23)15(10-8-11-6-7-12(9-10)19-11)20-16(21)13-4-2-3-5-14(13)17(20)22/h2-5,10-12,15,19,21-22H,6-9H2,1H3/t10?,11?,12?,15-/m0/s1. The van der Waals surface area contributed by atoms with Crippen LogP contribution in [0.3, 0.4) is 0 Å². The zero-order valence-corrected chi connectivity index (χ0v) is 13.6. The van der Waals surface area contributed by atoms with E-state index in [2.05, 4.69) is 5.32 Å². The first kappa shape index (κ1) is 15.3. The number of aromatic nitrogens is 1. The highest BCUT2D eigenvalue weighted by molar-refractivity contribution is 5.94. The summed E-state index contributed by atoms with van der Waals surface area (Å²) in [6.07, 6.45) is 3.90. The van der Waals surface area contributed by atoms with Crippen LogP contribution in [0.5, 0.6) is 11.8 Å². The maximum Gasteiger partial charge on any atom is 0.329 e. The summed E-state index contributed by atoms with van der Waals surface area (Å²) in [5.41, 5.74) is 0. The van der Waals surface area contributed by atoms with Gasteiger partial charge in [0.1, 0.15) is 6.04 Å². The van der Waals surface area contributed by atoms with Gasteiger partial charge in [-0.2, -0.15) is 0 Å². The Morgan fingerprint density at radius 3 is 2.21 bits per heavy atom. The second-order valence-electron chi connectivity index (χ2n) is 6.90. The van der Waals surface area contributed by atoms with Crippen LogP contribution >= 0.6 is 0 Å². The van der Waals surface area contributed by atoms with Gasteiger partial charge in [-0.25, -0.2) is 4.79 Å². The van der Waals surface area contributed by atoms with E-state index < -0.39 is 12.0 Å². The lowest BCUT2D eigenvalue weighted by Gasteiger charge is -2.34. The van der Waals surface area contributed by atoms with Crippen molar-refractivity contribution in [3.63, 3.8) is 0 Å². The van der Waals surface area contributed by atoms with Crippen molar-refractivity contribution in [1.82, 2.24) is 9.88 Å². The molecule has 2 fully saturated rings. The first-order valence-electron chi connectivity index (χ1n) is 8.45. The molecular formula is C18H22N2O4. The largest absolute Gasteiger partial charge is 0.494 e. The molecule has 0 spiro atoms. The van der Waals surface area contributed by atoms with Crippen molar-refractivity contribution >= 4 is 16.7 Å². The predicted octanol–water partition coefficient (Wildman–Crippen LogP) is 2.30. The van der Waals surface area contributed by atoms with Gasteiger partial charge >= 0.3 is 5.97 Å². The minimum Gasteiger partial charge on any atom is -0.494 e. The molecule has 2 aliphatic heterocycles. The molecule has 0 amide bonds. The Labute approximate surface area is 140 Å². The number of carbonyl (C=O) groups is 1. The maximum absolute atomic E-state index is 12.5. The molecule has 2 bridgehead atoms. The summed E-state index contributed by atoms with van der Waals surface area (Å²) < 4.78 is 6.37. The van der Waals surface area contributed by atoms with E-state index in [0.717, 1.165) is 25.7 Å². The van der Waals surface area contributed by atoms with Crippen molar-refractivity contribution in [2.24, 2.45) is 5.92 Å². The first-order chi connectivity index (χ1) is 11.6. The molecule has 2 unspecified atom stereocenters. The summed E-state index contributed by atoms with van der Waals surface area (Å²) >= 11 is 0. The number of esters is 1. The van der Waals surface area contributed by atoms with Gasteiger partial charge in [0.05, 0.1) is 7.11 Å². The van der Waals surface area contributed by atoms with Crippen LogP contribution in [0.1, 0.15) is 31.7 Å². The third kappa shape index (κ3) is 2.24. The molecule has 3 N–H and O–H groups in total. The van der Waals surface area contributed by atoms with Crippen molar-refractivity contribution in [3.8, 4) is 11.8 Å². The third-order valence-corrected chi connectivity index (χ3v) is 5.54. The fraction of sp³-hybridized carbons (Fsp3) is 0.500. The molecule has 2 saturated heterocycles. The summed E-state index contributed by atoms with van der Waals surface area (Å²) in [6.45, 7) is 0. The van der Waals surface area contributed by atoms with E-state index in [0.29, 0.717) is 22.9 Å². The van der Waals surface area contributed by atoms with Gasteiger partial charge in [0.15, 0.2) is 0 Å². The van der Waals surface area contributed by atoms with E-state index in [1.54, 1.807) is 24.3 Å². The van der Waals surface area contributed by atoms with Crippen molar-refractivity contribution in [3.05, 3.63) is 24.3 Å². The molecule has 1 aromatic carbocycles. The van der Waals surface area contributed by atoms with Gasteiger partial charge in [-0.1, -0.05) is 12.1 Å². The lowest BCUT2D eigenvalue weighted by atomic mass is 9.86. The molecule has 4 rings (SSSR count). The number of aromatic hydroxyl groups is 2. The van der Waals surface area contributed by atoms with Crippen molar-refractivity contribution < 1.29 is 19.7 Å². The van der Waals surface area contributed by atoms with Crippen LogP contribution in [0.15, 0.2) is 24.3 Å². The van der Waals surface area contributed by atoms with Gasteiger partial charge < -0.3 is 20.3 Å². The summed E-state index contributed by atoms with van der Waals surface area (Å²) in [5.74, 6) is -0.559. The van der Waals surface area contributed by atoms with Crippen molar-refractivity contribution in [2.75, 3.05) is 7.11 Å². The lowest BCUT2D eigenvalue weighted by molar-refractivity contribution is -0.147. The average Bonchev–Trinajstić information content (AvgIpc) is 3.07. The molecule has 6 nitrogen and oxygen atoms in total. The van der Waals surface area contributed by atoms with Gasteiger partial charge in [-0.3, -0.25) is 4.57 Å². The second kappa shape index (κ2) is 5.70. The van der Waals surface area contributed by atoms with Gasteiger partial charge in [0.25, 0.3) is 0 Å². The van der Waals surface area contributed by atoms with Gasteiger partial charge in [-0.15, -0.1) is 0 Å². The van der Waals surface area contributed by atoms with Crippen LogP contribution in [0.2, 0.25) is 0 Å². The molecule has 128 valence electrons. The van der Waals surface area contributed by atoms with Gasteiger partial charge in [0, 0.05) is 22.9 Å². The summed E-state index contributed by atoms with van der Waals surface area (Å²) in [6, 6.07) is 7.15. The lowest BCUT2D eigenvalue weighted by Crippen LogP contribution is -2.42. The van der Waals surface area contributed by atoms with Crippen molar-refractivity contribution in [1.29, 1.82) is 0 Å². The quantitative estimate of drug-likeness (QED) is 0.752. The van der Waals surface area contributed by atoms with E-state index in [-0.39, 0.29) is 17.7 Å². The molecule has 2 aliphatic rings. The molecule has 0 aliphatic carbocycles. The summed E-state index contributed by atoms with van der Waals surface area (Å²) in [5, 5.41) is 25.9. The van der Waals surface area contributed by atoms with E-state index in [1.807, 2.05) is 0 Å². The highest BCUT2D eigenvalue weighted by atomic mass is 16.5. The van der Waals surface area contributed by atoms with Crippen LogP contribution in [0, 0.1) is 5.92 Å². The number of hydrogen-bond acceptors (Lipinski definition) is 5. The Hall–Kier alpha value is -2.21. The van der Waals surface area contributed by atoms with E-state index >= 15 is 0 Å². The number of piperidine rings is 1. The molecule has 24 heavy (non-hydrogen) atoms. The van der Waals surface area contributed by atoms with E-state index in [4.69, 9.17) is 4.74 Å². The molecule has 0 radical (unpaired) electrons. The Bertz CT molecular complexity index is 734. The minimum absolute atomic E-state index is 0.0230. The Morgan fingerprint density at radius 2 is 1.71 bits per heavy atom. The average molecular weight is 330 g/mol. The predicted molar refractivity (Wildman–Crippen MR) is 89.0 cm³/mol. The first-order valence-corrected chi connectivity index (χ1v) is 8.45. The van der Waals surface area contributed by atoms with Gasteiger partial charge in [-0.05, 0) is 43.7 Å². The monoisotopic (exact) mass is 330 g/mol. The molecule has 3 heterocycles. The third-order valence-electron chi connectivity index (χ3n) is 5.54. The highest BCUT2D eigenvalue weighted by Gasteiger charge is 2.42. The van der Waals surface area contributed by atoms with Gasteiger partial charge in [0.2, 0.25) is 11.8 Å². The maximum atomic E-state index is 12.5. The number of methoxy groups -OCH3 is 1. The molecular weight excluding hydrogens is 308 g/mol. The number of nitrogens with one attached hydrogen (secondary N) is 1. The zero-order chi connectivity index (χ0) is 16.8. The fourth-order valence-electron chi connectivity index (χ4n) is 4.48. The molecule has 6 heteroatoms. The normalized spacial score (nSPS) is 27.3. The molecule has 3 atom stereocenters. The summed E-state index contributed by atoms with van der Waals surface area (Å²) in [4.78, 5) is 12.5. The fourth-order valence-corrected chi connectivity index (χ4v) is 4.48. The number of hydrogen-bond donors (Lipinski definition) is 3. The number of ether oxygens (including phenoxy) is 1. The Morgan fingerprint density at radius 1 is 1.17 bits per heavy atom. The molecule has 1 aromatic heterocycles. The Balaban J connectivity index is 1.81. The number of fused-ring (bicyclic) bond motifs is 3. The number of benzene rings is 1. The SMILES string of the molecule is COC(=O)[C@H](C1CC2CCC(C1)N2)n1c(O)c2ccccc2c1O. The number of rotatable bonds is 3. The summed E-state index contributed by atoms with van der Waals surface area (Å²) in [7, 11) is 1.35. The highest BCUT2D eigenvalue weighted by Crippen LogP contribution is 2.45. The zero-order valence-electron chi connectivity index (χ0n) is 13.6. The number of carbonyl (C=O) groups excluding carboxylic acids is 1. The van der Waals surface area contributed by atoms with Crippen LogP contribution < -0.4 is 5.32 Å². The smallest absolute Gasteiger partial charge is 0.329 e. The minimum atomic E-state index is -0.715.